The first-order valence-corrected chi connectivity index (χ1v) is 9.39. The van der Waals surface area contributed by atoms with Crippen molar-refractivity contribution in [3.05, 3.63) is 60.2 Å². The molecule has 1 aliphatic rings. The molecule has 1 aliphatic carbocycles. The summed E-state index contributed by atoms with van der Waals surface area (Å²) in [7, 11) is -3.65. The summed E-state index contributed by atoms with van der Waals surface area (Å²) < 4.78 is 27.5. The van der Waals surface area contributed by atoms with Crippen molar-refractivity contribution in [2.45, 2.75) is 24.8 Å². The van der Waals surface area contributed by atoms with Crippen molar-refractivity contribution in [2.24, 2.45) is 11.8 Å². The number of carbonyl (C=O) groups excluding carboxylic acids is 1. The van der Waals surface area contributed by atoms with Gasteiger partial charge in [-0.05, 0) is 36.1 Å². The van der Waals surface area contributed by atoms with Crippen molar-refractivity contribution < 1.29 is 13.2 Å². The third-order valence-electron chi connectivity index (χ3n) is 4.21. The van der Waals surface area contributed by atoms with Gasteiger partial charge in [-0.3, -0.25) is 9.52 Å². The molecule has 3 rings (SSSR count). The Morgan fingerprint density at radius 1 is 1.08 bits per heavy atom. The number of nitrogens with one attached hydrogen (secondary N) is 2. The zero-order chi connectivity index (χ0) is 17.2. The van der Waals surface area contributed by atoms with Crippen molar-refractivity contribution in [1.82, 2.24) is 5.32 Å². The zero-order valence-corrected chi connectivity index (χ0v) is 14.2. The summed E-state index contributed by atoms with van der Waals surface area (Å²) in [5.74, 6) is 0.568. The number of sulfonamides is 1. The monoisotopic (exact) mass is 344 g/mol. The third kappa shape index (κ3) is 3.76. The van der Waals surface area contributed by atoms with E-state index in [1.165, 1.54) is 0 Å². The Balaban J connectivity index is 1.73. The predicted octanol–water partition coefficient (Wildman–Crippen LogP) is 2.76. The molecule has 5 nitrogen and oxygen atoms in total. The van der Waals surface area contributed by atoms with Gasteiger partial charge < -0.3 is 5.32 Å². The summed E-state index contributed by atoms with van der Waals surface area (Å²) in [6.07, 6.45) is 0.925. The molecular formula is C18H20N2O3S. The van der Waals surface area contributed by atoms with Gasteiger partial charge in [-0.1, -0.05) is 43.3 Å². The number of amides is 1. The Kier molecular flexibility index (Phi) is 4.57. The fourth-order valence-corrected chi connectivity index (χ4v) is 3.70. The molecule has 0 aromatic heterocycles. The molecule has 0 heterocycles. The summed E-state index contributed by atoms with van der Waals surface area (Å²) in [6.45, 7) is 2.35. The van der Waals surface area contributed by atoms with Gasteiger partial charge in [0, 0.05) is 12.5 Å². The Morgan fingerprint density at radius 2 is 1.71 bits per heavy atom. The van der Waals surface area contributed by atoms with Crippen LogP contribution in [-0.4, -0.2) is 14.3 Å². The quantitative estimate of drug-likeness (QED) is 0.846. The van der Waals surface area contributed by atoms with Gasteiger partial charge in [0.1, 0.15) is 0 Å². The summed E-state index contributed by atoms with van der Waals surface area (Å²) in [4.78, 5) is 12.2. The maximum absolute atomic E-state index is 12.5. The average molecular weight is 344 g/mol. The highest BCUT2D eigenvalue weighted by atomic mass is 32.2. The molecule has 126 valence electrons. The molecule has 6 heteroatoms. The molecule has 0 bridgehead atoms. The van der Waals surface area contributed by atoms with Crippen LogP contribution in [0.3, 0.4) is 0 Å². The highest BCUT2D eigenvalue weighted by Gasteiger charge is 2.38. The summed E-state index contributed by atoms with van der Waals surface area (Å²) in [5.41, 5.74) is 1.21. The van der Waals surface area contributed by atoms with Crippen LogP contribution in [0, 0.1) is 11.8 Å². The molecule has 2 N–H and O–H groups in total. The number of rotatable bonds is 6. The highest BCUT2D eigenvalue weighted by Crippen LogP contribution is 2.37. The Hall–Kier alpha value is -2.34. The number of para-hydroxylation sites is 1. The molecule has 0 saturated heterocycles. The molecule has 1 fully saturated rings. The third-order valence-corrected chi connectivity index (χ3v) is 5.60. The number of hydrogen-bond donors (Lipinski definition) is 2. The minimum Gasteiger partial charge on any atom is -0.352 e. The van der Waals surface area contributed by atoms with Gasteiger partial charge in [0.2, 0.25) is 5.91 Å². The fourth-order valence-electron chi connectivity index (χ4n) is 2.58. The molecule has 0 spiro atoms. The number of carbonyl (C=O) groups is 1. The number of benzene rings is 2. The molecule has 0 aliphatic heterocycles. The lowest BCUT2D eigenvalue weighted by atomic mass is 10.2. The van der Waals surface area contributed by atoms with E-state index in [0.717, 1.165) is 12.0 Å². The lowest BCUT2D eigenvalue weighted by Crippen LogP contribution is -2.25. The molecule has 1 amide bonds. The van der Waals surface area contributed by atoms with Gasteiger partial charge in [-0.25, -0.2) is 8.42 Å². The molecule has 2 atom stereocenters. The second-order valence-electron chi connectivity index (χ2n) is 6.11. The standard InChI is InChI=1S/C18H20N2O3S/c1-13-11-16(13)18(21)19-12-14-7-5-6-10-17(14)20-24(22,23)15-8-3-2-4-9-15/h2-10,13,16,20H,11-12H2,1H3,(H,19,21)/t13-,16-/m0/s1. The smallest absolute Gasteiger partial charge is 0.261 e. The van der Waals surface area contributed by atoms with Crippen LogP contribution in [0.4, 0.5) is 5.69 Å². The Bertz CT molecular complexity index is 834. The maximum Gasteiger partial charge on any atom is 0.261 e. The minimum atomic E-state index is -3.65. The summed E-state index contributed by atoms with van der Waals surface area (Å²) in [6, 6.07) is 15.3. The largest absolute Gasteiger partial charge is 0.352 e. The van der Waals surface area contributed by atoms with Crippen molar-refractivity contribution in [3.8, 4) is 0 Å². The topological polar surface area (TPSA) is 75.3 Å². The van der Waals surface area contributed by atoms with E-state index in [-0.39, 0.29) is 16.7 Å². The molecule has 1 saturated carbocycles. The van der Waals surface area contributed by atoms with Gasteiger partial charge in [-0.15, -0.1) is 0 Å². The normalized spacial score (nSPS) is 19.5. The van der Waals surface area contributed by atoms with E-state index in [9.17, 15) is 13.2 Å². The molecule has 24 heavy (non-hydrogen) atoms. The lowest BCUT2D eigenvalue weighted by molar-refractivity contribution is -0.122. The van der Waals surface area contributed by atoms with E-state index < -0.39 is 10.0 Å². The van der Waals surface area contributed by atoms with Gasteiger partial charge in [0.15, 0.2) is 0 Å². The van der Waals surface area contributed by atoms with Crippen molar-refractivity contribution in [1.29, 1.82) is 0 Å². The van der Waals surface area contributed by atoms with E-state index in [0.29, 0.717) is 18.2 Å². The van der Waals surface area contributed by atoms with Crippen LogP contribution in [0.15, 0.2) is 59.5 Å². The molecule has 2 aromatic carbocycles. The van der Waals surface area contributed by atoms with Crippen LogP contribution in [0.2, 0.25) is 0 Å². The SMILES string of the molecule is C[C@H]1C[C@@H]1C(=O)NCc1ccccc1NS(=O)(=O)c1ccccc1. The van der Waals surface area contributed by atoms with Crippen LogP contribution in [0.5, 0.6) is 0 Å². The first-order chi connectivity index (χ1) is 11.5. The van der Waals surface area contributed by atoms with Crippen LogP contribution in [0.1, 0.15) is 18.9 Å². The van der Waals surface area contributed by atoms with E-state index in [2.05, 4.69) is 10.0 Å². The average Bonchev–Trinajstić information content (AvgIpc) is 3.31. The van der Waals surface area contributed by atoms with E-state index in [4.69, 9.17) is 0 Å². The predicted molar refractivity (Wildman–Crippen MR) is 92.8 cm³/mol. The molecule has 0 radical (unpaired) electrons. The Morgan fingerprint density at radius 3 is 2.38 bits per heavy atom. The van der Waals surface area contributed by atoms with Gasteiger partial charge >= 0.3 is 0 Å². The highest BCUT2D eigenvalue weighted by molar-refractivity contribution is 7.92. The zero-order valence-electron chi connectivity index (χ0n) is 13.4. The van der Waals surface area contributed by atoms with E-state index in [1.807, 2.05) is 13.0 Å². The Labute approximate surface area is 142 Å². The van der Waals surface area contributed by atoms with Crippen LogP contribution >= 0.6 is 0 Å². The van der Waals surface area contributed by atoms with Gasteiger partial charge in [0.05, 0.1) is 10.6 Å². The number of hydrogen-bond acceptors (Lipinski definition) is 3. The van der Waals surface area contributed by atoms with Crippen molar-refractivity contribution in [3.63, 3.8) is 0 Å². The first-order valence-electron chi connectivity index (χ1n) is 7.91. The second-order valence-corrected chi connectivity index (χ2v) is 7.80. The molecule has 0 unspecified atom stereocenters. The summed E-state index contributed by atoms with van der Waals surface area (Å²) in [5, 5.41) is 2.88. The fraction of sp³-hybridized carbons (Fsp3) is 0.278. The first kappa shape index (κ1) is 16.5. The van der Waals surface area contributed by atoms with Gasteiger partial charge in [-0.2, -0.15) is 0 Å². The minimum absolute atomic E-state index is 0.0308. The van der Waals surface area contributed by atoms with E-state index >= 15 is 0 Å². The molecular weight excluding hydrogens is 324 g/mol. The van der Waals surface area contributed by atoms with E-state index in [1.54, 1.807) is 48.5 Å². The van der Waals surface area contributed by atoms with Crippen LogP contribution in [0.25, 0.3) is 0 Å². The number of anilines is 1. The maximum atomic E-state index is 12.5. The summed E-state index contributed by atoms with van der Waals surface area (Å²) >= 11 is 0. The molecule has 2 aromatic rings. The lowest BCUT2D eigenvalue weighted by Gasteiger charge is -2.13. The van der Waals surface area contributed by atoms with Crippen LogP contribution < -0.4 is 10.0 Å². The van der Waals surface area contributed by atoms with Gasteiger partial charge in [0.25, 0.3) is 10.0 Å². The van der Waals surface area contributed by atoms with Crippen molar-refractivity contribution in [2.75, 3.05) is 4.72 Å². The van der Waals surface area contributed by atoms with Crippen molar-refractivity contribution >= 4 is 21.6 Å². The van der Waals surface area contributed by atoms with Crippen LogP contribution in [-0.2, 0) is 21.4 Å². The second kappa shape index (κ2) is 6.65.